The van der Waals surface area contributed by atoms with Crippen LogP contribution >= 0.6 is 0 Å². The summed E-state index contributed by atoms with van der Waals surface area (Å²) in [5.74, 6) is -0.461. The van der Waals surface area contributed by atoms with Gasteiger partial charge in [-0.25, -0.2) is 4.79 Å². The summed E-state index contributed by atoms with van der Waals surface area (Å²) in [6.45, 7) is 1.85. The van der Waals surface area contributed by atoms with Gasteiger partial charge in [0.1, 0.15) is 0 Å². The first-order valence-corrected chi connectivity index (χ1v) is 5.98. The van der Waals surface area contributed by atoms with Gasteiger partial charge in [0, 0.05) is 17.2 Å². The second-order valence-corrected chi connectivity index (χ2v) is 4.60. The van der Waals surface area contributed by atoms with E-state index in [9.17, 15) is 4.79 Å². The van der Waals surface area contributed by atoms with Crippen molar-refractivity contribution in [2.75, 3.05) is 0 Å². The molecule has 2 rings (SSSR count). The van der Waals surface area contributed by atoms with E-state index in [0.29, 0.717) is 5.92 Å². The van der Waals surface area contributed by atoms with Crippen molar-refractivity contribution in [3.63, 3.8) is 0 Å². The highest BCUT2D eigenvalue weighted by Gasteiger charge is 2.22. The number of hydrogen-bond donors (Lipinski definition) is 2. The molecule has 16 heavy (non-hydrogen) atoms. The molecule has 4 nitrogen and oxygen atoms in total. The highest BCUT2D eigenvalue weighted by molar-refractivity contribution is 5.87. The third kappa shape index (κ3) is 2.10. The lowest BCUT2D eigenvalue weighted by atomic mass is 9.93. The molecule has 0 aliphatic heterocycles. The van der Waals surface area contributed by atoms with Crippen LogP contribution in [0.15, 0.2) is 0 Å². The van der Waals surface area contributed by atoms with Crippen LogP contribution in [0.1, 0.15) is 66.2 Å². The van der Waals surface area contributed by atoms with Gasteiger partial charge in [-0.15, -0.1) is 0 Å². The lowest BCUT2D eigenvalue weighted by molar-refractivity contribution is 0.0689. The molecule has 4 heteroatoms. The van der Waals surface area contributed by atoms with Crippen molar-refractivity contribution < 1.29 is 9.90 Å². The third-order valence-corrected chi connectivity index (χ3v) is 3.51. The topological polar surface area (TPSA) is 66.0 Å². The summed E-state index contributed by atoms with van der Waals surface area (Å²) >= 11 is 0. The molecular weight excluding hydrogens is 204 g/mol. The number of hydrogen-bond acceptors (Lipinski definition) is 2. The monoisotopic (exact) mass is 222 g/mol. The third-order valence-electron chi connectivity index (χ3n) is 3.51. The zero-order valence-electron chi connectivity index (χ0n) is 9.62. The Kier molecular flexibility index (Phi) is 3.27. The van der Waals surface area contributed by atoms with Gasteiger partial charge >= 0.3 is 5.97 Å². The largest absolute Gasteiger partial charge is 0.476 e. The Hall–Kier alpha value is -1.32. The van der Waals surface area contributed by atoms with Gasteiger partial charge in [-0.1, -0.05) is 25.7 Å². The van der Waals surface area contributed by atoms with Crippen molar-refractivity contribution in [2.45, 2.75) is 51.4 Å². The normalized spacial score (nSPS) is 18.3. The van der Waals surface area contributed by atoms with E-state index in [1.165, 1.54) is 25.7 Å². The molecule has 1 aliphatic rings. The van der Waals surface area contributed by atoms with Crippen molar-refractivity contribution in [3.05, 3.63) is 17.0 Å². The lowest BCUT2D eigenvalue weighted by Gasteiger charge is -2.12. The first kappa shape index (κ1) is 11.2. The molecule has 1 fully saturated rings. The smallest absolute Gasteiger partial charge is 0.356 e. The molecule has 0 aromatic carbocycles. The number of carboxylic acid groups (broad SMARTS) is 1. The van der Waals surface area contributed by atoms with Gasteiger partial charge in [-0.3, -0.25) is 5.10 Å². The van der Waals surface area contributed by atoms with Crippen LogP contribution in [-0.4, -0.2) is 21.3 Å². The van der Waals surface area contributed by atoms with Gasteiger partial charge in [-0.2, -0.15) is 5.10 Å². The molecule has 0 atom stereocenters. The highest BCUT2D eigenvalue weighted by atomic mass is 16.4. The maximum Gasteiger partial charge on any atom is 0.356 e. The minimum Gasteiger partial charge on any atom is -0.476 e. The number of nitrogens with one attached hydrogen (secondary N) is 1. The van der Waals surface area contributed by atoms with Gasteiger partial charge in [0.15, 0.2) is 5.69 Å². The first-order chi connectivity index (χ1) is 7.70. The summed E-state index contributed by atoms with van der Waals surface area (Å²) in [5, 5.41) is 15.8. The average molecular weight is 222 g/mol. The Morgan fingerprint density at radius 3 is 2.44 bits per heavy atom. The highest BCUT2D eigenvalue weighted by Crippen LogP contribution is 2.32. The number of aromatic nitrogens is 2. The minimum atomic E-state index is -0.936. The summed E-state index contributed by atoms with van der Waals surface area (Å²) < 4.78 is 0. The fourth-order valence-corrected chi connectivity index (χ4v) is 2.59. The average Bonchev–Trinajstić information content (AvgIpc) is 2.50. The maximum absolute atomic E-state index is 10.9. The van der Waals surface area contributed by atoms with Crippen LogP contribution in [0.4, 0.5) is 0 Å². The number of H-pyrrole nitrogens is 1. The van der Waals surface area contributed by atoms with Crippen LogP contribution in [0.2, 0.25) is 0 Å². The molecule has 1 aliphatic carbocycles. The van der Waals surface area contributed by atoms with Crippen molar-refractivity contribution in [1.82, 2.24) is 10.2 Å². The predicted octanol–water partition coefficient (Wildman–Crippen LogP) is 2.85. The molecule has 0 saturated heterocycles. The number of aromatic carboxylic acids is 1. The zero-order chi connectivity index (χ0) is 11.5. The van der Waals surface area contributed by atoms with Crippen LogP contribution in [0, 0.1) is 6.92 Å². The first-order valence-electron chi connectivity index (χ1n) is 5.98. The molecule has 0 spiro atoms. The Labute approximate surface area is 95.1 Å². The van der Waals surface area contributed by atoms with Crippen LogP contribution in [0.3, 0.4) is 0 Å². The maximum atomic E-state index is 10.9. The predicted molar refractivity (Wildman–Crippen MR) is 60.7 cm³/mol. The van der Waals surface area contributed by atoms with Crippen molar-refractivity contribution >= 4 is 5.97 Å². The molecular formula is C12H18N2O2. The van der Waals surface area contributed by atoms with Crippen molar-refractivity contribution in [2.24, 2.45) is 0 Å². The molecule has 2 N–H and O–H groups in total. The molecule has 1 heterocycles. The summed E-state index contributed by atoms with van der Waals surface area (Å²) in [6, 6.07) is 0. The molecule has 1 saturated carbocycles. The Morgan fingerprint density at radius 2 is 1.94 bits per heavy atom. The van der Waals surface area contributed by atoms with Crippen LogP contribution in [0.5, 0.6) is 0 Å². The van der Waals surface area contributed by atoms with E-state index in [1.807, 2.05) is 6.92 Å². The van der Waals surface area contributed by atoms with E-state index < -0.39 is 5.97 Å². The number of aromatic amines is 1. The molecule has 0 bridgehead atoms. The van der Waals surface area contributed by atoms with E-state index in [-0.39, 0.29) is 5.69 Å². The van der Waals surface area contributed by atoms with E-state index in [2.05, 4.69) is 10.2 Å². The van der Waals surface area contributed by atoms with Crippen LogP contribution in [0.25, 0.3) is 0 Å². The minimum absolute atomic E-state index is 0.180. The molecule has 0 unspecified atom stereocenters. The van der Waals surface area contributed by atoms with E-state index >= 15 is 0 Å². The summed E-state index contributed by atoms with van der Waals surface area (Å²) in [7, 11) is 0. The summed E-state index contributed by atoms with van der Waals surface area (Å²) in [4.78, 5) is 10.9. The van der Waals surface area contributed by atoms with Crippen molar-refractivity contribution in [1.29, 1.82) is 0 Å². The molecule has 0 amide bonds. The fraction of sp³-hybridized carbons (Fsp3) is 0.667. The standard InChI is InChI=1S/C12H18N2O2/c1-8-10(13-14-11(8)12(15)16)9-6-4-2-3-5-7-9/h9H,2-7H2,1H3,(H,13,14)(H,15,16). The fourth-order valence-electron chi connectivity index (χ4n) is 2.59. The van der Waals surface area contributed by atoms with E-state index in [1.54, 1.807) is 0 Å². The lowest BCUT2D eigenvalue weighted by Crippen LogP contribution is -2.02. The van der Waals surface area contributed by atoms with Gasteiger partial charge in [-0.05, 0) is 19.8 Å². The second-order valence-electron chi connectivity index (χ2n) is 4.60. The summed E-state index contributed by atoms with van der Waals surface area (Å²) in [5.41, 5.74) is 2.04. The molecule has 1 aromatic heterocycles. The second kappa shape index (κ2) is 4.68. The number of carboxylic acids is 1. The Morgan fingerprint density at radius 1 is 1.31 bits per heavy atom. The van der Waals surface area contributed by atoms with Crippen LogP contribution in [-0.2, 0) is 0 Å². The molecule has 88 valence electrons. The zero-order valence-corrected chi connectivity index (χ0v) is 9.62. The van der Waals surface area contributed by atoms with E-state index in [0.717, 1.165) is 24.1 Å². The number of nitrogens with zero attached hydrogens (tertiary/aromatic N) is 1. The Balaban J connectivity index is 2.22. The van der Waals surface area contributed by atoms with Gasteiger partial charge in [0.05, 0.1) is 0 Å². The molecule has 0 radical (unpaired) electrons. The van der Waals surface area contributed by atoms with Gasteiger partial charge in [0.2, 0.25) is 0 Å². The van der Waals surface area contributed by atoms with E-state index in [4.69, 9.17) is 5.11 Å². The number of rotatable bonds is 2. The quantitative estimate of drug-likeness (QED) is 0.756. The SMILES string of the molecule is Cc1c(C(=O)O)n[nH]c1C1CCCCCC1. The van der Waals surface area contributed by atoms with Gasteiger partial charge < -0.3 is 5.11 Å². The van der Waals surface area contributed by atoms with Crippen LogP contribution < -0.4 is 0 Å². The Bertz CT molecular complexity index is 376. The van der Waals surface area contributed by atoms with Gasteiger partial charge in [0.25, 0.3) is 0 Å². The van der Waals surface area contributed by atoms with Crippen molar-refractivity contribution in [3.8, 4) is 0 Å². The number of carbonyl (C=O) groups is 1. The summed E-state index contributed by atoms with van der Waals surface area (Å²) in [6.07, 6.45) is 7.40. The molecule has 1 aromatic rings.